The van der Waals surface area contributed by atoms with Gasteiger partial charge in [0.1, 0.15) is 0 Å². The maximum absolute atomic E-state index is 2.41. The van der Waals surface area contributed by atoms with E-state index in [9.17, 15) is 0 Å². The Morgan fingerprint density at radius 3 is 0.828 bits per heavy atom. The summed E-state index contributed by atoms with van der Waals surface area (Å²) in [6, 6.07) is 64.4. The highest BCUT2D eigenvalue weighted by atomic mass is 15.2. The van der Waals surface area contributed by atoms with Crippen molar-refractivity contribution in [2.24, 2.45) is 0 Å². The SMILES string of the molecule is Cc1ccc(N(c2ccc(-c3ccc(C4(c5ccc(-c6ccc(N(c7ccc(C)cc7C)c7ccc(C)cc7C)cc6)cc5)CCCCC4)cc3)cc2)c2ccc(C)cc2C)c(C)c1. The molecule has 0 aliphatic heterocycles. The van der Waals surface area contributed by atoms with Gasteiger partial charge in [-0.15, -0.1) is 0 Å². The van der Waals surface area contributed by atoms with Gasteiger partial charge in [-0.2, -0.15) is 0 Å². The molecule has 0 unspecified atom stereocenters. The van der Waals surface area contributed by atoms with Gasteiger partial charge >= 0.3 is 0 Å². The van der Waals surface area contributed by atoms with Gasteiger partial charge in [0.25, 0.3) is 0 Å². The van der Waals surface area contributed by atoms with E-state index in [1.54, 1.807) is 0 Å². The third-order valence-corrected chi connectivity index (χ3v) is 13.9. The first-order chi connectivity index (χ1) is 31.0. The minimum Gasteiger partial charge on any atom is -0.310 e. The number of rotatable bonds is 10. The molecule has 9 rings (SSSR count). The minimum absolute atomic E-state index is 0.0135. The topological polar surface area (TPSA) is 6.48 Å². The molecule has 2 nitrogen and oxygen atoms in total. The van der Waals surface area contributed by atoms with Crippen molar-refractivity contribution in [1.82, 2.24) is 0 Å². The number of benzene rings is 8. The van der Waals surface area contributed by atoms with E-state index in [1.807, 2.05) is 0 Å². The zero-order valence-corrected chi connectivity index (χ0v) is 39.1. The second-order valence-corrected chi connectivity index (χ2v) is 18.7. The average molecular weight is 835 g/mol. The lowest BCUT2D eigenvalue weighted by Gasteiger charge is -2.39. The van der Waals surface area contributed by atoms with Crippen LogP contribution in [-0.4, -0.2) is 0 Å². The van der Waals surface area contributed by atoms with Crippen LogP contribution >= 0.6 is 0 Å². The Hall–Kier alpha value is -6.64. The van der Waals surface area contributed by atoms with Gasteiger partial charge in [0.15, 0.2) is 0 Å². The van der Waals surface area contributed by atoms with Gasteiger partial charge in [-0.3, -0.25) is 0 Å². The van der Waals surface area contributed by atoms with Crippen molar-refractivity contribution in [2.75, 3.05) is 9.80 Å². The van der Waals surface area contributed by atoms with E-state index in [0.29, 0.717) is 0 Å². The maximum atomic E-state index is 2.41. The van der Waals surface area contributed by atoms with Crippen molar-refractivity contribution in [2.45, 2.75) is 92.9 Å². The molecule has 320 valence electrons. The van der Waals surface area contributed by atoms with E-state index >= 15 is 0 Å². The highest BCUT2D eigenvalue weighted by molar-refractivity contribution is 5.83. The maximum Gasteiger partial charge on any atom is 0.0491 e. The number of hydrogen-bond donors (Lipinski definition) is 0. The van der Waals surface area contributed by atoms with Crippen LogP contribution in [0.3, 0.4) is 0 Å². The molecule has 0 bridgehead atoms. The zero-order chi connectivity index (χ0) is 44.5. The van der Waals surface area contributed by atoms with Gasteiger partial charge in [0.05, 0.1) is 0 Å². The molecule has 2 heteroatoms. The van der Waals surface area contributed by atoms with Crippen LogP contribution in [0.15, 0.2) is 170 Å². The lowest BCUT2D eigenvalue weighted by Crippen LogP contribution is -2.30. The van der Waals surface area contributed by atoms with Crippen LogP contribution in [0.4, 0.5) is 34.1 Å². The van der Waals surface area contributed by atoms with Crippen LogP contribution in [0.25, 0.3) is 22.3 Å². The minimum atomic E-state index is 0.0135. The third kappa shape index (κ3) is 8.42. The van der Waals surface area contributed by atoms with Crippen LogP contribution in [0.2, 0.25) is 0 Å². The largest absolute Gasteiger partial charge is 0.310 e. The van der Waals surface area contributed by atoms with Crippen molar-refractivity contribution < 1.29 is 0 Å². The molecule has 1 saturated carbocycles. The van der Waals surface area contributed by atoms with Crippen molar-refractivity contribution in [3.8, 4) is 22.3 Å². The van der Waals surface area contributed by atoms with Gasteiger partial charge < -0.3 is 9.80 Å². The van der Waals surface area contributed by atoms with E-state index in [1.165, 1.54) is 133 Å². The summed E-state index contributed by atoms with van der Waals surface area (Å²) in [6.07, 6.45) is 6.16. The monoisotopic (exact) mass is 834 g/mol. The fraction of sp³-hybridized carbons (Fsp3) is 0.226. The molecule has 0 N–H and O–H groups in total. The highest BCUT2D eigenvalue weighted by Crippen LogP contribution is 2.47. The van der Waals surface area contributed by atoms with Gasteiger partial charge in [0.2, 0.25) is 0 Å². The normalized spacial score (nSPS) is 13.4. The molecular formula is C62H62N2. The Morgan fingerprint density at radius 1 is 0.297 bits per heavy atom. The Balaban J connectivity index is 0.979. The molecule has 0 spiro atoms. The second kappa shape index (κ2) is 17.9. The number of hydrogen-bond acceptors (Lipinski definition) is 2. The molecule has 0 atom stereocenters. The first-order valence-electron chi connectivity index (χ1n) is 23.3. The van der Waals surface area contributed by atoms with Gasteiger partial charge in [-0.05, 0) is 172 Å². The van der Waals surface area contributed by atoms with E-state index in [4.69, 9.17) is 0 Å². The second-order valence-electron chi connectivity index (χ2n) is 18.7. The van der Waals surface area contributed by atoms with E-state index in [2.05, 4.69) is 235 Å². The molecule has 1 fully saturated rings. The molecule has 64 heavy (non-hydrogen) atoms. The fourth-order valence-corrected chi connectivity index (χ4v) is 10.5. The quantitative estimate of drug-likeness (QED) is 0.135. The Morgan fingerprint density at radius 2 is 0.562 bits per heavy atom. The predicted octanol–water partition coefficient (Wildman–Crippen LogP) is 17.7. The molecule has 8 aromatic carbocycles. The van der Waals surface area contributed by atoms with E-state index in [-0.39, 0.29) is 5.41 Å². The molecular weight excluding hydrogens is 773 g/mol. The van der Waals surface area contributed by atoms with Gasteiger partial charge in [0, 0.05) is 39.5 Å². The molecule has 0 aromatic heterocycles. The fourth-order valence-electron chi connectivity index (χ4n) is 10.5. The zero-order valence-electron chi connectivity index (χ0n) is 39.1. The smallest absolute Gasteiger partial charge is 0.0491 e. The van der Waals surface area contributed by atoms with Gasteiger partial charge in [-0.25, -0.2) is 0 Å². The summed E-state index contributed by atoms with van der Waals surface area (Å²) >= 11 is 0. The summed E-state index contributed by atoms with van der Waals surface area (Å²) in [6.45, 7) is 17.5. The highest BCUT2D eigenvalue weighted by Gasteiger charge is 2.35. The van der Waals surface area contributed by atoms with Crippen molar-refractivity contribution in [3.63, 3.8) is 0 Å². The lowest BCUT2D eigenvalue weighted by molar-refractivity contribution is 0.346. The summed E-state index contributed by atoms with van der Waals surface area (Å²) in [5, 5.41) is 0. The molecule has 0 saturated heterocycles. The Labute approximate surface area is 382 Å². The van der Waals surface area contributed by atoms with E-state index < -0.39 is 0 Å². The molecule has 1 aliphatic rings. The Bertz CT molecular complexity index is 2610. The van der Waals surface area contributed by atoms with Crippen LogP contribution in [0.1, 0.15) is 87.7 Å². The summed E-state index contributed by atoms with van der Waals surface area (Å²) in [7, 11) is 0. The predicted molar refractivity (Wildman–Crippen MR) is 275 cm³/mol. The summed E-state index contributed by atoms with van der Waals surface area (Å²) < 4.78 is 0. The summed E-state index contributed by atoms with van der Waals surface area (Å²) in [4.78, 5) is 4.83. The lowest BCUT2D eigenvalue weighted by atomic mass is 9.65. The number of nitrogens with zero attached hydrogens (tertiary/aromatic N) is 2. The molecule has 0 amide bonds. The summed E-state index contributed by atoms with van der Waals surface area (Å²) in [5.41, 5.74) is 25.2. The van der Waals surface area contributed by atoms with Crippen LogP contribution in [0, 0.1) is 55.4 Å². The van der Waals surface area contributed by atoms with Crippen molar-refractivity contribution in [1.29, 1.82) is 0 Å². The first-order valence-corrected chi connectivity index (χ1v) is 23.3. The molecule has 1 aliphatic carbocycles. The third-order valence-electron chi connectivity index (χ3n) is 13.9. The Kier molecular flexibility index (Phi) is 11.9. The van der Waals surface area contributed by atoms with Crippen molar-refractivity contribution in [3.05, 3.63) is 225 Å². The van der Waals surface area contributed by atoms with E-state index in [0.717, 1.165) is 11.4 Å². The van der Waals surface area contributed by atoms with Crippen LogP contribution in [0.5, 0.6) is 0 Å². The molecule has 8 aromatic rings. The molecule has 0 radical (unpaired) electrons. The van der Waals surface area contributed by atoms with Crippen LogP contribution < -0.4 is 9.80 Å². The molecule has 0 heterocycles. The summed E-state index contributed by atoms with van der Waals surface area (Å²) in [5.74, 6) is 0. The van der Waals surface area contributed by atoms with Crippen molar-refractivity contribution >= 4 is 34.1 Å². The van der Waals surface area contributed by atoms with Gasteiger partial charge in [-0.1, -0.05) is 163 Å². The standard InChI is InChI=1S/C62H62N2/c1-42-12-32-58(46(5)38-42)63(59-33-13-43(2)39-47(59)6)56-28-20-52(21-29-56)50-16-24-54(25-17-50)62(36-10-9-11-37-62)55-26-18-51(19-27-55)53-22-30-57(31-23-53)64(60-34-14-44(3)40-48(60)7)61-35-15-45(4)41-49(61)8/h12-35,38-41H,9-11,36-37H2,1-8H3. The van der Waals surface area contributed by atoms with Crippen LogP contribution in [-0.2, 0) is 5.41 Å². The number of anilines is 6. The average Bonchev–Trinajstić information content (AvgIpc) is 3.30. The number of aryl methyl sites for hydroxylation is 8. The first kappa shape index (κ1) is 42.7.